The number of hydrogen-bond donors (Lipinski definition) is 2. The van der Waals surface area contributed by atoms with Crippen LogP contribution in [-0.2, 0) is 11.3 Å². The summed E-state index contributed by atoms with van der Waals surface area (Å²) in [5.41, 5.74) is 0. The second-order valence-electron chi connectivity index (χ2n) is 3.86. The van der Waals surface area contributed by atoms with Crippen molar-refractivity contribution in [2.75, 3.05) is 0 Å². The summed E-state index contributed by atoms with van der Waals surface area (Å²) in [6, 6.07) is 0.143. The second-order valence-corrected chi connectivity index (χ2v) is 5.17. The Morgan fingerprint density at radius 1 is 1.73 bits per heavy atom. The summed E-state index contributed by atoms with van der Waals surface area (Å²) in [6.45, 7) is 2.71. The Balaban J connectivity index is 1.81. The highest BCUT2D eigenvalue weighted by atomic mass is 32.1. The summed E-state index contributed by atoms with van der Waals surface area (Å²) >= 11 is 1.65. The lowest BCUT2D eigenvalue weighted by Crippen LogP contribution is -2.47. The molecule has 15 heavy (non-hydrogen) atoms. The van der Waals surface area contributed by atoms with E-state index < -0.39 is 5.97 Å². The molecule has 82 valence electrons. The molecule has 0 amide bonds. The van der Waals surface area contributed by atoms with Gasteiger partial charge in [-0.3, -0.25) is 4.79 Å². The fourth-order valence-electron chi connectivity index (χ4n) is 1.76. The Morgan fingerprint density at radius 2 is 2.53 bits per heavy atom. The molecule has 1 fully saturated rings. The summed E-state index contributed by atoms with van der Waals surface area (Å²) in [5.74, 6) is -0.877. The maximum atomic E-state index is 10.8. The average molecular weight is 226 g/mol. The van der Waals surface area contributed by atoms with Crippen LogP contribution in [0, 0.1) is 12.8 Å². The normalized spacial score (nSPS) is 24.9. The zero-order valence-corrected chi connectivity index (χ0v) is 9.38. The Hall–Kier alpha value is -0.940. The van der Waals surface area contributed by atoms with E-state index in [1.165, 1.54) is 4.88 Å². The fourth-order valence-corrected chi connectivity index (χ4v) is 2.50. The van der Waals surface area contributed by atoms with Crippen molar-refractivity contribution in [2.45, 2.75) is 32.4 Å². The quantitative estimate of drug-likeness (QED) is 0.814. The predicted octanol–water partition coefficient (Wildman–Crippen LogP) is 1.40. The van der Waals surface area contributed by atoms with E-state index in [-0.39, 0.29) is 12.0 Å². The maximum Gasteiger partial charge on any atom is 0.308 e. The minimum Gasteiger partial charge on any atom is -0.481 e. The van der Waals surface area contributed by atoms with Crippen LogP contribution in [0.3, 0.4) is 0 Å². The van der Waals surface area contributed by atoms with E-state index in [1.807, 2.05) is 13.1 Å². The number of nitrogens with zero attached hydrogens (tertiary/aromatic N) is 1. The van der Waals surface area contributed by atoms with Gasteiger partial charge in [0, 0.05) is 23.7 Å². The van der Waals surface area contributed by atoms with Crippen LogP contribution in [0.5, 0.6) is 0 Å². The number of aromatic nitrogens is 1. The molecule has 4 nitrogen and oxygen atoms in total. The van der Waals surface area contributed by atoms with Crippen molar-refractivity contribution < 1.29 is 9.90 Å². The van der Waals surface area contributed by atoms with E-state index in [1.54, 1.807) is 11.3 Å². The number of aryl methyl sites for hydroxylation is 1. The summed E-state index contributed by atoms with van der Waals surface area (Å²) in [6.07, 6.45) is 3.62. The molecule has 1 aromatic rings. The van der Waals surface area contributed by atoms with Crippen LogP contribution in [0.1, 0.15) is 22.7 Å². The van der Waals surface area contributed by atoms with Gasteiger partial charge in [0.25, 0.3) is 0 Å². The molecule has 0 radical (unpaired) electrons. The third kappa shape index (κ3) is 2.35. The number of hydrogen-bond acceptors (Lipinski definition) is 4. The van der Waals surface area contributed by atoms with E-state index in [4.69, 9.17) is 5.11 Å². The molecule has 2 unspecified atom stereocenters. The number of aliphatic carboxylic acids is 1. The van der Waals surface area contributed by atoms with Gasteiger partial charge < -0.3 is 10.4 Å². The highest BCUT2D eigenvalue weighted by Gasteiger charge is 2.35. The first-order valence-corrected chi connectivity index (χ1v) is 5.86. The highest BCUT2D eigenvalue weighted by Crippen LogP contribution is 2.28. The second kappa shape index (κ2) is 4.28. The summed E-state index contributed by atoms with van der Waals surface area (Å²) in [7, 11) is 0. The molecule has 1 heterocycles. The van der Waals surface area contributed by atoms with Crippen LogP contribution in [0.15, 0.2) is 6.20 Å². The fraction of sp³-hybridized carbons (Fsp3) is 0.600. The molecule has 0 spiro atoms. The van der Waals surface area contributed by atoms with Crippen molar-refractivity contribution in [3.63, 3.8) is 0 Å². The Kier molecular flexibility index (Phi) is 3.02. The van der Waals surface area contributed by atoms with Gasteiger partial charge in [0.2, 0.25) is 0 Å². The molecule has 0 bridgehead atoms. The van der Waals surface area contributed by atoms with E-state index in [0.29, 0.717) is 0 Å². The number of rotatable bonds is 4. The molecular weight excluding hydrogens is 212 g/mol. The van der Waals surface area contributed by atoms with Crippen LogP contribution in [0.2, 0.25) is 0 Å². The Bertz CT molecular complexity index is 364. The van der Waals surface area contributed by atoms with Gasteiger partial charge in [-0.2, -0.15) is 0 Å². The van der Waals surface area contributed by atoms with Crippen molar-refractivity contribution in [1.82, 2.24) is 10.3 Å². The SMILES string of the molecule is Cc1ncc(CNC2CCC2C(=O)O)s1. The van der Waals surface area contributed by atoms with Gasteiger partial charge in [0.05, 0.1) is 10.9 Å². The van der Waals surface area contributed by atoms with Crippen molar-refractivity contribution in [2.24, 2.45) is 5.92 Å². The molecule has 2 atom stereocenters. The third-order valence-electron chi connectivity index (χ3n) is 2.80. The first kappa shape index (κ1) is 10.6. The smallest absolute Gasteiger partial charge is 0.308 e. The van der Waals surface area contributed by atoms with Crippen LogP contribution < -0.4 is 5.32 Å². The Labute approximate surface area is 92.3 Å². The molecule has 1 saturated carbocycles. The summed E-state index contributed by atoms with van der Waals surface area (Å²) in [4.78, 5) is 16.1. The molecule has 1 aliphatic rings. The Morgan fingerprint density at radius 3 is 3.00 bits per heavy atom. The molecule has 0 aromatic carbocycles. The van der Waals surface area contributed by atoms with Crippen LogP contribution >= 0.6 is 11.3 Å². The first-order chi connectivity index (χ1) is 7.16. The van der Waals surface area contributed by atoms with E-state index in [2.05, 4.69) is 10.3 Å². The molecule has 5 heteroatoms. The van der Waals surface area contributed by atoms with Gasteiger partial charge in [0.15, 0.2) is 0 Å². The first-order valence-electron chi connectivity index (χ1n) is 5.04. The topological polar surface area (TPSA) is 62.2 Å². The minimum absolute atomic E-state index is 0.143. The van der Waals surface area contributed by atoms with Gasteiger partial charge in [0.1, 0.15) is 0 Å². The number of carbonyl (C=O) groups is 1. The van der Waals surface area contributed by atoms with Crippen molar-refractivity contribution >= 4 is 17.3 Å². The number of thiazole rings is 1. The van der Waals surface area contributed by atoms with E-state index in [9.17, 15) is 4.79 Å². The summed E-state index contributed by atoms with van der Waals surface area (Å²) in [5, 5.41) is 13.2. The average Bonchev–Trinajstić information content (AvgIpc) is 2.48. The minimum atomic E-state index is -0.681. The van der Waals surface area contributed by atoms with Gasteiger partial charge in [-0.1, -0.05) is 0 Å². The van der Waals surface area contributed by atoms with Gasteiger partial charge in [-0.05, 0) is 19.8 Å². The third-order valence-corrected chi connectivity index (χ3v) is 3.71. The van der Waals surface area contributed by atoms with Crippen molar-refractivity contribution in [3.8, 4) is 0 Å². The maximum absolute atomic E-state index is 10.8. The van der Waals surface area contributed by atoms with Crippen molar-refractivity contribution in [3.05, 3.63) is 16.1 Å². The van der Waals surface area contributed by atoms with Crippen molar-refractivity contribution in [1.29, 1.82) is 0 Å². The van der Waals surface area contributed by atoms with Gasteiger partial charge in [-0.15, -0.1) is 11.3 Å². The molecule has 1 aromatic heterocycles. The number of carboxylic acids is 1. The van der Waals surface area contributed by atoms with Gasteiger partial charge >= 0.3 is 5.97 Å². The molecule has 0 aliphatic heterocycles. The monoisotopic (exact) mass is 226 g/mol. The zero-order valence-electron chi connectivity index (χ0n) is 8.56. The van der Waals surface area contributed by atoms with E-state index in [0.717, 1.165) is 24.4 Å². The zero-order chi connectivity index (χ0) is 10.8. The molecular formula is C10H14N2O2S. The van der Waals surface area contributed by atoms with Crippen LogP contribution in [-0.4, -0.2) is 22.1 Å². The summed E-state index contributed by atoms with van der Waals surface area (Å²) < 4.78 is 0. The molecule has 2 N–H and O–H groups in total. The lowest BCUT2D eigenvalue weighted by atomic mass is 9.79. The molecule has 0 saturated heterocycles. The van der Waals surface area contributed by atoms with Gasteiger partial charge in [-0.25, -0.2) is 4.98 Å². The standard InChI is InChI=1S/C10H14N2O2S/c1-6-11-4-7(15-6)5-12-9-3-2-8(9)10(13)14/h4,8-9,12H,2-3,5H2,1H3,(H,13,14). The number of nitrogens with one attached hydrogen (secondary N) is 1. The lowest BCUT2D eigenvalue weighted by molar-refractivity contribution is -0.146. The predicted molar refractivity (Wildman–Crippen MR) is 57.8 cm³/mol. The number of carboxylic acid groups (broad SMARTS) is 1. The van der Waals surface area contributed by atoms with Crippen LogP contribution in [0.4, 0.5) is 0 Å². The highest BCUT2D eigenvalue weighted by molar-refractivity contribution is 7.11. The largest absolute Gasteiger partial charge is 0.481 e. The molecule has 2 rings (SSSR count). The lowest BCUT2D eigenvalue weighted by Gasteiger charge is -2.33. The van der Waals surface area contributed by atoms with Crippen LogP contribution in [0.25, 0.3) is 0 Å². The van der Waals surface area contributed by atoms with E-state index >= 15 is 0 Å². The molecule has 1 aliphatic carbocycles.